The van der Waals surface area contributed by atoms with Gasteiger partial charge in [0.25, 0.3) is 5.91 Å². The average molecular weight is 312 g/mol. The van der Waals surface area contributed by atoms with Crippen molar-refractivity contribution in [2.45, 2.75) is 13.8 Å². The molecule has 6 heteroatoms. The maximum absolute atomic E-state index is 11.8. The van der Waals surface area contributed by atoms with Gasteiger partial charge in [-0.1, -0.05) is 20.4 Å². The van der Waals surface area contributed by atoms with Gasteiger partial charge in [0.1, 0.15) is 4.88 Å². The molecule has 1 aromatic heterocycles. The number of anilines is 1. The number of aryl methyl sites for hydroxylation is 2. The van der Waals surface area contributed by atoms with E-state index in [1.807, 2.05) is 26.0 Å². The van der Waals surface area contributed by atoms with Crippen molar-refractivity contribution in [1.29, 1.82) is 0 Å². The van der Waals surface area contributed by atoms with E-state index in [9.17, 15) is 4.79 Å². The molecule has 2 aromatic rings. The molecule has 0 aliphatic heterocycles. The highest BCUT2D eigenvalue weighted by molar-refractivity contribution is 9.10. The molecule has 0 bridgehead atoms. The Kier molecular flexibility index (Phi) is 3.54. The van der Waals surface area contributed by atoms with Crippen molar-refractivity contribution in [1.82, 2.24) is 9.59 Å². The second-order valence-electron chi connectivity index (χ2n) is 3.66. The fraction of sp³-hybridized carbons (Fsp3) is 0.182. The summed E-state index contributed by atoms with van der Waals surface area (Å²) < 4.78 is 4.72. The first kappa shape index (κ1) is 12.2. The smallest absolute Gasteiger partial charge is 0.269 e. The van der Waals surface area contributed by atoms with Crippen LogP contribution in [0.25, 0.3) is 0 Å². The van der Waals surface area contributed by atoms with Crippen molar-refractivity contribution in [2.75, 3.05) is 5.32 Å². The number of carbonyl (C=O) groups is 1. The topological polar surface area (TPSA) is 54.9 Å². The van der Waals surface area contributed by atoms with Crippen molar-refractivity contribution in [3.63, 3.8) is 0 Å². The number of carbonyl (C=O) groups excluding carboxylic acids is 1. The highest BCUT2D eigenvalue weighted by Crippen LogP contribution is 2.25. The molecule has 0 aliphatic carbocycles. The standard InChI is InChI=1S/C11H10BrN3OS/c1-6-3-8(4-7(2)10(6)12)14-11(16)9-5-13-15-17-9/h3-5H,1-2H3,(H,14,16). The molecule has 0 atom stereocenters. The van der Waals surface area contributed by atoms with Crippen molar-refractivity contribution >= 4 is 39.1 Å². The van der Waals surface area contributed by atoms with Gasteiger partial charge in [-0.05, 0) is 48.6 Å². The molecule has 4 nitrogen and oxygen atoms in total. The Bertz CT molecular complexity index is 531. The summed E-state index contributed by atoms with van der Waals surface area (Å²) in [6.45, 7) is 3.97. The molecule has 0 unspecified atom stereocenters. The Morgan fingerprint density at radius 1 is 1.35 bits per heavy atom. The summed E-state index contributed by atoms with van der Waals surface area (Å²) in [4.78, 5) is 12.3. The Labute approximate surface area is 111 Å². The molecule has 17 heavy (non-hydrogen) atoms. The first-order chi connectivity index (χ1) is 8.08. The zero-order valence-corrected chi connectivity index (χ0v) is 11.7. The second kappa shape index (κ2) is 4.93. The Morgan fingerprint density at radius 3 is 2.53 bits per heavy atom. The summed E-state index contributed by atoms with van der Waals surface area (Å²) in [5.41, 5.74) is 2.95. The molecule has 0 spiro atoms. The maximum Gasteiger partial charge on any atom is 0.269 e. The van der Waals surface area contributed by atoms with E-state index in [0.29, 0.717) is 4.88 Å². The van der Waals surface area contributed by atoms with Crippen LogP contribution in [0.1, 0.15) is 20.8 Å². The molecular formula is C11H10BrN3OS. The Morgan fingerprint density at radius 2 is 2.00 bits per heavy atom. The lowest BCUT2D eigenvalue weighted by Crippen LogP contribution is -2.10. The predicted octanol–water partition coefficient (Wildman–Crippen LogP) is 3.17. The van der Waals surface area contributed by atoms with E-state index in [1.165, 1.54) is 6.20 Å². The molecule has 0 saturated heterocycles. The largest absolute Gasteiger partial charge is 0.321 e. The van der Waals surface area contributed by atoms with E-state index in [1.54, 1.807) is 0 Å². The fourth-order valence-electron chi connectivity index (χ4n) is 1.48. The monoisotopic (exact) mass is 311 g/mol. The van der Waals surface area contributed by atoms with Gasteiger partial charge in [-0.2, -0.15) is 0 Å². The third-order valence-electron chi connectivity index (χ3n) is 2.28. The van der Waals surface area contributed by atoms with E-state index < -0.39 is 0 Å². The Balaban J connectivity index is 2.22. The third-order valence-corrected chi connectivity index (χ3v) is 4.19. The van der Waals surface area contributed by atoms with Gasteiger partial charge in [0.05, 0.1) is 6.20 Å². The van der Waals surface area contributed by atoms with Crippen molar-refractivity contribution in [3.05, 3.63) is 38.8 Å². The first-order valence-corrected chi connectivity index (χ1v) is 6.50. The van der Waals surface area contributed by atoms with Crippen LogP contribution < -0.4 is 5.32 Å². The van der Waals surface area contributed by atoms with Crippen LogP contribution in [-0.4, -0.2) is 15.5 Å². The highest BCUT2D eigenvalue weighted by atomic mass is 79.9. The van der Waals surface area contributed by atoms with Gasteiger partial charge in [-0.15, -0.1) is 5.10 Å². The summed E-state index contributed by atoms with van der Waals surface area (Å²) >= 11 is 4.57. The van der Waals surface area contributed by atoms with Gasteiger partial charge >= 0.3 is 0 Å². The minimum Gasteiger partial charge on any atom is -0.321 e. The molecule has 0 fully saturated rings. The number of rotatable bonds is 2. The zero-order valence-electron chi connectivity index (χ0n) is 9.32. The van der Waals surface area contributed by atoms with Crippen LogP contribution in [0.3, 0.4) is 0 Å². The number of hydrogen-bond donors (Lipinski definition) is 1. The van der Waals surface area contributed by atoms with Gasteiger partial charge in [-0.25, -0.2) is 0 Å². The van der Waals surface area contributed by atoms with E-state index in [2.05, 4.69) is 30.8 Å². The summed E-state index contributed by atoms with van der Waals surface area (Å²) in [5, 5.41) is 6.46. The molecule has 1 amide bonds. The minimum atomic E-state index is -0.180. The van der Waals surface area contributed by atoms with Crippen LogP contribution in [0.15, 0.2) is 22.8 Å². The van der Waals surface area contributed by atoms with Crippen LogP contribution in [0, 0.1) is 13.8 Å². The highest BCUT2D eigenvalue weighted by Gasteiger charge is 2.10. The lowest BCUT2D eigenvalue weighted by atomic mass is 10.1. The molecule has 0 saturated carbocycles. The molecule has 1 heterocycles. The van der Waals surface area contributed by atoms with E-state index in [4.69, 9.17) is 0 Å². The number of amides is 1. The number of nitrogens with one attached hydrogen (secondary N) is 1. The molecule has 1 N–H and O–H groups in total. The van der Waals surface area contributed by atoms with E-state index >= 15 is 0 Å². The predicted molar refractivity (Wildman–Crippen MR) is 71.5 cm³/mol. The number of hydrogen-bond acceptors (Lipinski definition) is 4. The van der Waals surface area contributed by atoms with E-state index in [-0.39, 0.29) is 5.91 Å². The van der Waals surface area contributed by atoms with Crippen molar-refractivity contribution in [2.24, 2.45) is 0 Å². The second-order valence-corrected chi connectivity index (χ2v) is 5.24. The van der Waals surface area contributed by atoms with Gasteiger partial charge in [0.15, 0.2) is 0 Å². The lowest BCUT2D eigenvalue weighted by molar-refractivity contribution is 0.103. The normalized spacial score (nSPS) is 10.3. The van der Waals surface area contributed by atoms with Gasteiger partial charge < -0.3 is 5.32 Å². The van der Waals surface area contributed by atoms with Crippen molar-refractivity contribution < 1.29 is 4.79 Å². The van der Waals surface area contributed by atoms with Crippen LogP contribution in [-0.2, 0) is 0 Å². The summed E-state index contributed by atoms with van der Waals surface area (Å²) in [6.07, 6.45) is 1.46. The number of benzene rings is 1. The Hall–Kier alpha value is -1.27. The van der Waals surface area contributed by atoms with Crippen molar-refractivity contribution in [3.8, 4) is 0 Å². The first-order valence-electron chi connectivity index (χ1n) is 4.93. The van der Waals surface area contributed by atoms with Gasteiger partial charge in [-0.3, -0.25) is 4.79 Å². The SMILES string of the molecule is Cc1cc(NC(=O)c2cnns2)cc(C)c1Br. The minimum absolute atomic E-state index is 0.180. The molecule has 2 rings (SSSR count). The quantitative estimate of drug-likeness (QED) is 0.926. The average Bonchev–Trinajstić information content (AvgIpc) is 2.79. The molecule has 88 valence electrons. The summed E-state index contributed by atoms with van der Waals surface area (Å²) in [7, 11) is 0. The fourth-order valence-corrected chi connectivity index (χ4v) is 2.12. The third kappa shape index (κ3) is 2.70. The molecular weight excluding hydrogens is 302 g/mol. The van der Waals surface area contributed by atoms with E-state index in [0.717, 1.165) is 32.8 Å². The van der Waals surface area contributed by atoms with Crippen LogP contribution >= 0.6 is 27.5 Å². The van der Waals surface area contributed by atoms with Crippen LogP contribution in [0.2, 0.25) is 0 Å². The molecule has 1 aromatic carbocycles. The maximum atomic E-state index is 11.8. The molecule has 0 aliphatic rings. The summed E-state index contributed by atoms with van der Waals surface area (Å²) in [6, 6.07) is 3.84. The van der Waals surface area contributed by atoms with Crippen LogP contribution in [0.5, 0.6) is 0 Å². The number of halogens is 1. The molecule has 0 radical (unpaired) electrons. The van der Waals surface area contributed by atoms with Crippen LogP contribution in [0.4, 0.5) is 5.69 Å². The lowest BCUT2D eigenvalue weighted by Gasteiger charge is -2.08. The zero-order chi connectivity index (χ0) is 12.4. The number of nitrogens with zero attached hydrogens (tertiary/aromatic N) is 2. The van der Waals surface area contributed by atoms with Gasteiger partial charge in [0, 0.05) is 10.2 Å². The number of aromatic nitrogens is 2. The summed E-state index contributed by atoms with van der Waals surface area (Å²) in [5.74, 6) is -0.180. The van der Waals surface area contributed by atoms with Gasteiger partial charge in [0.2, 0.25) is 0 Å².